The van der Waals surface area contributed by atoms with Crippen LogP contribution in [0.1, 0.15) is 35.7 Å². The average Bonchev–Trinajstić information content (AvgIpc) is 2.51. The van der Waals surface area contributed by atoms with Crippen LogP contribution in [0.4, 0.5) is 11.4 Å². The van der Waals surface area contributed by atoms with Gasteiger partial charge in [0, 0.05) is 23.5 Å². The van der Waals surface area contributed by atoms with Gasteiger partial charge in [0.15, 0.2) is 0 Å². The van der Waals surface area contributed by atoms with Crippen molar-refractivity contribution in [2.24, 2.45) is 0 Å². The molecule has 2 aromatic carbocycles. The zero-order chi connectivity index (χ0) is 15.2. The second kappa shape index (κ2) is 8.44. The summed E-state index contributed by atoms with van der Waals surface area (Å²) >= 11 is 0. The zero-order valence-electron chi connectivity index (χ0n) is 13.1. The molecule has 0 fully saturated rings. The summed E-state index contributed by atoms with van der Waals surface area (Å²) in [6.07, 6.45) is 2.02. The van der Waals surface area contributed by atoms with E-state index in [-0.39, 0.29) is 18.3 Å². The number of benzene rings is 2. The Kier molecular flexibility index (Phi) is 6.93. The van der Waals surface area contributed by atoms with Gasteiger partial charge in [-0.2, -0.15) is 0 Å². The molecular formula is C18H23ClN2O. The molecule has 0 spiro atoms. The van der Waals surface area contributed by atoms with Gasteiger partial charge in [-0.1, -0.05) is 37.6 Å². The average molecular weight is 319 g/mol. The molecule has 22 heavy (non-hydrogen) atoms. The lowest BCUT2D eigenvalue weighted by molar-refractivity contribution is 0.0986. The first-order chi connectivity index (χ1) is 10.1. The van der Waals surface area contributed by atoms with Gasteiger partial charge in [-0.15, -0.1) is 12.4 Å². The largest absolute Gasteiger partial charge is 0.399 e. The Morgan fingerprint density at radius 3 is 2.45 bits per heavy atom. The molecule has 0 aliphatic carbocycles. The molecule has 118 valence electrons. The first-order valence-electron chi connectivity index (χ1n) is 7.36. The maximum atomic E-state index is 12.9. The molecule has 0 saturated heterocycles. The molecule has 2 aromatic rings. The number of carbonyl (C=O) groups is 1. The van der Waals surface area contributed by atoms with Crippen molar-refractivity contribution in [3.63, 3.8) is 0 Å². The third-order valence-corrected chi connectivity index (χ3v) is 3.54. The molecule has 0 bridgehead atoms. The second-order valence-electron chi connectivity index (χ2n) is 5.22. The van der Waals surface area contributed by atoms with Crippen LogP contribution in [0.25, 0.3) is 0 Å². The molecule has 0 aliphatic heterocycles. The van der Waals surface area contributed by atoms with Crippen LogP contribution >= 0.6 is 12.4 Å². The molecule has 2 N–H and O–H groups in total. The molecule has 0 heterocycles. The lowest BCUT2D eigenvalue weighted by atomic mass is 10.1. The van der Waals surface area contributed by atoms with E-state index in [0.29, 0.717) is 17.8 Å². The monoisotopic (exact) mass is 318 g/mol. The van der Waals surface area contributed by atoms with E-state index in [1.807, 2.05) is 54.3 Å². The van der Waals surface area contributed by atoms with Gasteiger partial charge in [-0.3, -0.25) is 4.79 Å². The first-order valence-corrected chi connectivity index (χ1v) is 7.36. The highest BCUT2D eigenvalue weighted by Gasteiger charge is 2.19. The number of hydrogen-bond donors (Lipinski definition) is 1. The van der Waals surface area contributed by atoms with E-state index in [1.165, 1.54) is 0 Å². The molecule has 0 aromatic heterocycles. The van der Waals surface area contributed by atoms with Crippen molar-refractivity contribution < 1.29 is 4.79 Å². The summed E-state index contributed by atoms with van der Waals surface area (Å²) < 4.78 is 0. The highest BCUT2D eigenvalue weighted by Crippen LogP contribution is 2.21. The number of rotatable bonds is 5. The Hall–Kier alpha value is -2.00. The third kappa shape index (κ3) is 4.25. The highest BCUT2D eigenvalue weighted by atomic mass is 35.5. The predicted octanol–water partition coefficient (Wildman–Crippen LogP) is 4.45. The topological polar surface area (TPSA) is 46.3 Å². The van der Waals surface area contributed by atoms with Crippen LogP contribution in [-0.4, -0.2) is 12.5 Å². The normalized spacial score (nSPS) is 9.91. The Morgan fingerprint density at radius 2 is 1.82 bits per heavy atom. The van der Waals surface area contributed by atoms with Gasteiger partial charge in [-0.25, -0.2) is 0 Å². The second-order valence-corrected chi connectivity index (χ2v) is 5.22. The van der Waals surface area contributed by atoms with Crippen LogP contribution in [-0.2, 0) is 0 Å². The standard InChI is InChI=1S/C18H22N2O.ClH/c1-3-4-12-20(16-8-6-5-7-9-16)18(21)17-13-15(19)11-10-14(17)2;/h5-11,13H,3-4,12,19H2,1-2H3;1H. The lowest BCUT2D eigenvalue weighted by Gasteiger charge is -2.23. The summed E-state index contributed by atoms with van der Waals surface area (Å²) in [4.78, 5) is 14.7. The van der Waals surface area contributed by atoms with E-state index in [0.717, 1.165) is 24.1 Å². The van der Waals surface area contributed by atoms with Crippen LogP contribution in [0.3, 0.4) is 0 Å². The fourth-order valence-corrected chi connectivity index (χ4v) is 2.29. The molecule has 0 unspecified atom stereocenters. The third-order valence-electron chi connectivity index (χ3n) is 3.54. The van der Waals surface area contributed by atoms with Crippen molar-refractivity contribution in [3.05, 3.63) is 59.7 Å². The molecular weight excluding hydrogens is 296 g/mol. The Labute approximate surface area is 138 Å². The predicted molar refractivity (Wildman–Crippen MR) is 95.9 cm³/mol. The molecule has 0 atom stereocenters. The van der Waals surface area contributed by atoms with E-state index >= 15 is 0 Å². The van der Waals surface area contributed by atoms with Crippen molar-refractivity contribution in [2.75, 3.05) is 17.2 Å². The number of halogens is 1. The van der Waals surface area contributed by atoms with E-state index in [2.05, 4.69) is 6.92 Å². The number of amides is 1. The number of carbonyl (C=O) groups excluding carboxylic acids is 1. The minimum atomic E-state index is 0. The number of hydrogen-bond acceptors (Lipinski definition) is 2. The Bertz CT molecular complexity index is 614. The number of anilines is 2. The van der Waals surface area contributed by atoms with Gasteiger partial charge in [0.25, 0.3) is 5.91 Å². The number of nitrogen functional groups attached to an aromatic ring is 1. The van der Waals surface area contributed by atoms with Gasteiger partial charge in [0.1, 0.15) is 0 Å². The number of nitrogens with zero attached hydrogens (tertiary/aromatic N) is 1. The van der Waals surface area contributed by atoms with Crippen LogP contribution in [0, 0.1) is 6.92 Å². The fraction of sp³-hybridized carbons (Fsp3) is 0.278. The van der Waals surface area contributed by atoms with Crippen molar-refractivity contribution in [1.82, 2.24) is 0 Å². The molecule has 0 saturated carbocycles. The lowest BCUT2D eigenvalue weighted by Crippen LogP contribution is -2.32. The van der Waals surface area contributed by atoms with E-state index in [1.54, 1.807) is 6.07 Å². The number of unbranched alkanes of at least 4 members (excludes halogenated alkanes) is 1. The van der Waals surface area contributed by atoms with Gasteiger partial charge in [0.05, 0.1) is 0 Å². The summed E-state index contributed by atoms with van der Waals surface area (Å²) in [6, 6.07) is 15.3. The van der Waals surface area contributed by atoms with Crippen molar-refractivity contribution in [1.29, 1.82) is 0 Å². The maximum Gasteiger partial charge on any atom is 0.258 e. The van der Waals surface area contributed by atoms with E-state index in [9.17, 15) is 4.79 Å². The Morgan fingerprint density at radius 1 is 1.14 bits per heavy atom. The molecule has 1 amide bonds. The van der Waals surface area contributed by atoms with Crippen molar-refractivity contribution >= 4 is 29.7 Å². The van der Waals surface area contributed by atoms with Crippen LogP contribution < -0.4 is 10.6 Å². The summed E-state index contributed by atoms with van der Waals surface area (Å²) in [7, 11) is 0. The summed E-state index contributed by atoms with van der Waals surface area (Å²) in [5.41, 5.74) is 9.01. The highest BCUT2D eigenvalue weighted by molar-refractivity contribution is 6.07. The summed E-state index contributed by atoms with van der Waals surface area (Å²) in [5.74, 6) is 0.0134. The number of nitrogens with two attached hydrogens (primary N) is 1. The molecule has 0 aliphatic rings. The Balaban J connectivity index is 0.00000242. The van der Waals surface area contributed by atoms with Crippen molar-refractivity contribution in [2.45, 2.75) is 26.7 Å². The van der Waals surface area contributed by atoms with Gasteiger partial charge in [-0.05, 0) is 43.2 Å². The number of aryl methyl sites for hydroxylation is 1. The van der Waals surface area contributed by atoms with Crippen molar-refractivity contribution in [3.8, 4) is 0 Å². The number of para-hydroxylation sites is 1. The van der Waals surface area contributed by atoms with E-state index < -0.39 is 0 Å². The van der Waals surface area contributed by atoms with Crippen LogP contribution in [0.2, 0.25) is 0 Å². The van der Waals surface area contributed by atoms with Crippen LogP contribution in [0.15, 0.2) is 48.5 Å². The van der Waals surface area contributed by atoms with Gasteiger partial charge >= 0.3 is 0 Å². The minimum Gasteiger partial charge on any atom is -0.399 e. The smallest absolute Gasteiger partial charge is 0.258 e. The first kappa shape index (κ1) is 18.1. The summed E-state index contributed by atoms with van der Waals surface area (Å²) in [6.45, 7) is 4.78. The molecule has 4 heteroatoms. The van der Waals surface area contributed by atoms with Gasteiger partial charge < -0.3 is 10.6 Å². The molecule has 2 rings (SSSR count). The summed E-state index contributed by atoms with van der Waals surface area (Å²) in [5, 5.41) is 0. The van der Waals surface area contributed by atoms with Gasteiger partial charge in [0.2, 0.25) is 0 Å². The fourth-order valence-electron chi connectivity index (χ4n) is 2.29. The maximum absolute atomic E-state index is 12.9. The zero-order valence-corrected chi connectivity index (χ0v) is 13.9. The SMILES string of the molecule is CCCCN(C(=O)c1cc(N)ccc1C)c1ccccc1.Cl. The quantitative estimate of drug-likeness (QED) is 0.828. The van der Waals surface area contributed by atoms with E-state index in [4.69, 9.17) is 5.73 Å². The van der Waals surface area contributed by atoms with Crippen LogP contribution in [0.5, 0.6) is 0 Å². The molecule has 0 radical (unpaired) electrons. The molecule has 3 nitrogen and oxygen atoms in total. The minimum absolute atomic E-state index is 0.